The fourth-order valence-corrected chi connectivity index (χ4v) is 3.73. The van der Waals surface area contributed by atoms with Gasteiger partial charge in [-0.3, -0.25) is 4.90 Å². The molecule has 0 saturated carbocycles. The van der Waals surface area contributed by atoms with Crippen molar-refractivity contribution in [3.05, 3.63) is 23.2 Å². The molecule has 0 amide bonds. The van der Waals surface area contributed by atoms with Gasteiger partial charge >= 0.3 is 0 Å². The van der Waals surface area contributed by atoms with Crippen LogP contribution in [0.1, 0.15) is 51.2 Å². The number of nitrogens with zero attached hydrogens (tertiary/aromatic N) is 1. The lowest BCUT2D eigenvalue weighted by molar-refractivity contribution is 0.251. The number of furan rings is 1. The molecule has 0 atom stereocenters. The summed E-state index contributed by atoms with van der Waals surface area (Å²) in [5, 5.41) is 3.46. The smallest absolute Gasteiger partial charge is 0.118 e. The predicted octanol–water partition coefficient (Wildman–Crippen LogP) is 3.80. The van der Waals surface area contributed by atoms with Crippen molar-refractivity contribution >= 4 is 11.8 Å². The molecule has 0 radical (unpaired) electrons. The summed E-state index contributed by atoms with van der Waals surface area (Å²) in [7, 11) is 0. The summed E-state index contributed by atoms with van der Waals surface area (Å²) in [5.74, 6) is 3.38. The molecule has 0 aromatic carbocycles. The first-order chi connectivity index (χ1) is 9.85. The van der Waals surface area contributed by atoms with E-state index in [9.17, 15) is 0 Å². The van der Waals surface area contributed by atoms with Crippen molar-refractivity contribution in [3.8, 4) is 0 Å². The zero-order chi connectivity index (χ0) is 15.5. The zero-order valence-corrected chi connectivity index (χ0v) is 15.0. The van der Waals surface area contributed by atoms with Crippen molar-refractivity contribution in [2.75, 3.05) is 18.8 Å². The average molecular weight is 311 g/mol. The molecule has 2 rings (SSSR count). The van der Waals surface area contributed by atoms with E-state index in [0.717, 1.165) is 31.2 Å². The SMILES string of the molecule is Cc1oc(CN2CCSC(C)(C)CC2)cc1CNC(C)C. The van der Waals surface area contributed by atoms with E-state index in [0.29, 0.717) is 10.8 Å². The van der Waals surface area contributed by atoms with E-state index in [-0.39, 0.29) is 0 Å². The van der Waals surface area contributed by atoms with Crippen molar-refractivity contribution < 1.29 is 4.42 Å². The molecule has 1 saturated heterocycles. The van der Waals surface area contributed by atoms with Gasteiger partial charge < -0.3 is 9.73 Å². The Kier molecular flexibility index (Phi) is 5.81. The molecular formula is C17H30N2OS. The Bertz CT molecular complexity index is 454. The maximum atomic E-state index is 5.95. The van der Waals surface area contributed by atoms with Crippen LogP contribution in [0, 0.1) is 6.92 Å². The number of hydrogen-bond acceptors (Lipinski definition) is 4. The molecule has 21 heavy (non-hydrogen) atoms. The van der Waals surface area contributed by atoms with Gasteiger partial charge in [0.1, 0.15) is 11.5 Å². The van der Waals surface area contributed by atoms with Gasteiger partial charge in [-0.15, -0.1) is 0 Å². The molecule has 0 unspecified atom stereocenters. The molecule has 1 aliphatic rings. The minimum Gasteiger partial charge on any atom is -0.465 e. The van der Waals surface area contributed by atoms with Gasteiger partial charge in [-0.05, 0) is 26.0 Å². The van der Waals surface area contributed by atoms with Crippen LogP contribution in [0.4, 0.5) is 0 Å². The first-order valence-corrected chi connectivity index (χ1v) is 9.02. The molecule has 4 heteroatoms. The fraction of sp³-hybridized carbons (Fsp3) is 0.765. The predicted molar refractivity (Wildman–Crippen MR) is 91.9 cm³/mol. The molecule has 120 valence electrons. The Labute approximate surface area is 133 Å². The molecule has 1 fully saturated rings. The number of thioether (sulfide) groups is 1. The van der Waals surface area contributed by atoms with Crippen LogP contribution in [0.5, 0.6) is 0 Å². The number of nitrogens with one attached hydrogen (secondary N) is 1. The Balaban J connectivity index is 1.92. The Hall–Kier alpha value is -0.450. The van der Waals surface area contributed by atoms with E-state index in [4.69, 9.17) is 4.42 Å². The van der Waals surface area contributed by atoms with Crippen LogP contribution in [0.25, 0.3) is 0 Å². The largest absolute Gasteiger partial charge is 0.465 e. The van der Waals surface area contributed by atoms with Gasteiger partial charge in [-0.25, -0.2) is 0 Å². The molecule has 0 bridgehead atoms. The number of rotatable bonds is 5. The van der Waals surface area contributed by atoms with Crippen molar-refractivity contribution in [2.24, 2.45) is 0 Å². The number of aryl methyl sites for hydroxylation is 1. The van der Waals surface area contributed by atoms with Gasteiger partial charge in [-0.1, -0.05) is 27.7 Å². The third-order valence-corrected chi connectivity index (χ3v) is 5.45. The lowest BCUT2D eigenvalue weighted by Crippen LogP contribution is -2.26. The Morgan fingerprint density at radius 3 is 2.86 bits per heavy atom. The van der Waals surface area contributed by atoms with E-state index in [1.165, 1.54) is 24.3 Å². The quantitative estimate of drug-likeness (QED) is 0.895. The van der Waals surface area contributed by atoms with Crippen LogP contribution in [0.15, 0.2) is 10.5 Å². The third kappa shape index (κ3) is 5.35. The summed E-state index contributed by atoms with van der Waals surface area (Å²) in [4.78, 5) is 2.53. The van der Waals surface area contributed by atoms with Gasteiger partial charge in [0.05, 0.1) is 6.54 Å². The van der Waals surface area contributed by atoms with Crippen LogP contribution in [0.2, 0.25) is 0 Å². The van der Waals surface area contributed by atoms with Crippen LogP contribution in [-0.4, -0.2) is 34.5 Å². The fourth-order valence-electron chi connectivity index (χ4n) is 2.60. The zero-order valence-electron chi connectivity index (χ0n) is 14.2. The minimum absolute atomic E-state index is 0.417. The standard InChI is InChI=1S/C17H30N2OS/c1-13(2)18-11-15-10-16(20-14(15)3)12-19-7-6-17(4,5)21-9-8-19/h10,13,18H,6-9,11-12H2,1-5H3. The van der Waals surface area contributed by atoms with Crippen LogP contribution in [-0.2, 0) is 13.1 Å². The normalized spacial score (nSPS) is 19.9. The summed E-state index contributed by atoms with van der Waals surface area (Å²) >= 11 is 2.09. The van der Waals surface area contributed by atoms with Crippen LogP contribution < -0.4 is 5.32 Å². The Morgan fingerprint density at radius 1 is 1.38 bits per heavy atom. The molecule has 0 aliphatic carbocycles. The number of hydrogen-bond donors (Lipinski definition) is 1. The van der Waals surface area contributed by atoms with Crippen molar-refractivity contribution in [3.63, 3.8) is 0 Å². The second kappa shape index (κ2) is 7.21. The molecular weight excluding hydrogens is 280 g/mol. The van der Waals surface area contributed by atoms with E-state index >= 15 is 0 Å². The van der Waals surface area contributed by atoms with Crippen LogP contribution in [0.3, 0.4) is 0 Å². The topological polar surface area (TPSA) is 28.4 Å². The molecule has 1 aromatic rings. The van der Waals surface area contributed by atoms with Gasteiger partial charge in [-0.2, -0.15) is 11.8 Å². The first-order valence-electron chi connectivity index (χ1n) is 8.03. The monoisotopic (exact) mass is 310 g/mol. The third-order valence-electron chi connectivity index (χ3n) is 4.08. The highest BCUT2D eigenvalue weighted by atomic mass is 32.2. The van der Waals surface area contributed by atoms with Crippen molar-refractivity contribution in [1.82, 2.24) is 10.2 Å². The Morgan fingerprint density at radius 2 is 2.14 bits per heavy atom. The van der Waals surface area contributed by atoms with Gasteiger partial charge in [0, 0.05) is 35.2 Å². The lowest BCUT2D eigenvalue weighted by Gasteiger charge is -2.22. The summed E-state index contributed by atoms with van der Waals surface area (Å²) in [6, 6.07) is 2.74. The molecule has 3 nitrogen and oxygen atoms in total. The molecule has 2 heterocycles. The van der Waals surface area contributed by atoms with E-state index < -0.39 is 0 Å². The van der Waals surface area contributed by atoms with E-state index in [1.807, 2.05) is 0 Å². The second-order valence-corrected chi connectivity index (χ2v) is 8.77. The van der Waals surface area contributed by atoms with Gasteiger partial charge in [0.25, 0.3) is 0 Å². The maximum Gasteiger partial charge on any atom is 0.118 e. The highest BCUT2D eigenvalue weighted by Gasteiger charge is 2.24. The second-order valence-electron chi connectivity index (χ2n) is 6.96. The van der Waals surface area contributed by atoms with Gasteiger partial charge in [0.15, 0.2) is 0 Å². The summed E-state index contributed by atoms with van der Waals surface area (Å²) in [6.45, 7) is 15.3. The van der Waals surface area contributed by atoms with Crippen molar-refractivity contribution in [1.29, 1.82) is 0 Å². The van der Waals surface area contributed by atoms with Crippen molar-refractivity contribution in [2.45, 2.75) is 64.9 Å². The summed E-state index contributed by atoms with van der Waals surface area (Å²) < 4.78 is 6.37. The molecule has 1 aromatic heterocycles. The maximum absolute atomic E-state index is 5.95. The summed E-state index contributed by atoms with van der Waals surface area (Å²) in [5.41, 5.74) is 1.29. The van der Waals surface area contributed by atoms with E-state index in [1.54, 1.807) is 0 Å². The average Bonchev–Trinajstić information content (AvgIpc) is 2.63. The van der Waals surface area contributed by atoms with Gasteiger partial charge in [0.2, 0.25) is 0 Å². The van der Waals surface area contributed by atoms with Crippen LogP contribution >= 0.6 is 11.8 Å². The molecule has 1 N–H and O–H groups in total. The highest BCUT2D eigenvalue weighted by Crippen LogP contribution is 2.31. The lowest BCUT2D eigenvalue weighted by atomic mass is 10.1. The molecule has 0 spiro atoms. The minimum atomic E-state index is 0.417. The highest BCUT2D eigenvalue weighted by molar-refractivity contribution is 8.00. The summed E-state index contributed by atoms with van der Waals surface area (Å²) in [6.07, 6.45) is 1.25. The van der Waals surface area contributed by atoms with E-state index in [2.05, 4.69) is 62.7 Å². The first kappa shape index (κ1) is 16.9. The molecule has 1 aliphatic heterocycles.